The highest BCUT2D eigenvalue weighted by Gasteiger charge is 2.32. The zero-order valence-electron chi connectivity index (χ0n) is 11.7. The largest absolute Gasteiger partial charge is 0.361 e. The van der Waals surface area contributed by atoms with Crippen molar-refractivity contribution < 1.29 is 9.32 Å². The van der Waals surface area contributed by atoms with Crippen LogP contribution in [0, 0.1) is 13.8 Å². The molecule has 0 aliphatic carbocycles. The van der Waals surface area contributed by atoms with Gasteiger partial charge in [0, 0.05) is 19.6 Å². The van der Waals surface area contributed by atoms with E-state index in [-0.39, 0.29) is 5.91 Å². The summed E-state index contributed by atoms with van der Waals surface area (Å²) in [6.45, 7) is 9.07. The third-order valence-electron chi connectivity index (χ3n) is 3.14. The van der Waals surface area contributed by atoms with Crippen LogP contribution in [0.25, 0.3) is 0 Å². The molecule has 0 bridgehead atoms. The fourth-order valence-electron chi connectivity index (χ4n) is 2.20. The minimum Gasteiger partial charge on any atom is -0.361 e. The lowest BCUT2D eigenvalue weighted by atomic mass is 10.2. The average molecular weight is 294 g/mol. The standard InChI is InChI=1S/C13H18N4O2S/c1-4-6-14-13(20)17-8-5-7-16(17)12(18)11-9(2)15-19-10(11)3/h4H,1,5-8H2,2-3H3,(H,14,20). The second-order valence-electron chi connectivity index (χ2n) is 4.58. The maximum atomic E-state index is 12.6. The van der Waals surface area contributed by atoms with E-state index in [4.69, 9.17) is 16.7 Å². The van der Waals surface area contributed by atoms with Crippen LogP contribution in [-0.4, -0.2) is 45.8 Å². The summed E-state index contributed by atoms with van der Waals surface area (Å²) in [5.74, 6) is 0.408. The number of nitrogens with one attached hydrogen (secondary N) is 1. The first-order valence-corrected chi connectivity index (χ1v) is 6.88. The van der Waals surface area contributed by atoms with Crippen molar-refractivity contribution in [1.29, 1.82) is 0 Å². The molecule has 7 heteroatoms. The lowest BCUT2D eigenvalue weighted by molar-refractivity contribution is 0.0490. The van der Waals surface area contributed by atoms with Crippen molar-refractivity contribution in [3.63, 3.8) is 0 Å². The Morgan fingerprint density at radius 2 is 2.20 bits per heavy atom. The molecule has 1 aromatic rings. The highest BCUT2D eigenvalue weighted by molar-refractivity contribution is 7.80. The quantitative estimate of drug-likeness (QED) is 0.672. The van der Waals surface area contributed by atoms with E-state index in [0.29, 0.717) is 35.2 Å². The molecule has 108 valence electrons. The molecule has 1 amide bonds. The maximum absolute atomic E-state index is 12.6. The van der Waals surface area contributed by atoms with Gasteiger partial charge in [-0.1, -0.05) is 11.2 Å². The molecule has 2 heterocycles. The molecular weight excluding hydrogens is 276 g/mol. The van der Waals surface area contributed by atoms with Crippen molar-refractivity contribution in [3.05, 3.63) is 29.7 Å². The molecule has 6 nitrogen and oxygen atoms in total. The Bertz CT molecular complexity index is 521. The van der Waals surface area contributed by atoms with Crippen molar-refractivity contribution in [3.8, 4) is 0 Å². The highest BCUT2D eigenvalue weighted by Crippen LogP contribution is 2.20. The number of carbonyl (C=O) groups is 1. The van der Waals surface area contributed by atoms with Crippen LogP contribution in [0.15, 0.2) is 17.2 Å². The van der Waals surface area contributed by atoms with Gasteiger partial charge in [-0.15, -0.1) is 6.58 Å². The summed E-state index contributed by atoms with van der Waals surface area (Å²) in [5.41, 5.74) is 1.12. The molecule has 1 N–H and O–H groups in total. The number of aryl methyl sites for hydroxylation is 2. The van der Waals surface area contributed by atoms with Gasteiger partial charge < -0.3 is 9.84 Å². The van der Waals surface area contributed by atoms with E-state index in [9.17, 15) is 4.79 Å². The SMILES string of the molecule is C=CCNC(=S)N1CCCN1C(=O)c1c(C)noc1C. The van der Waals surface area contributed by atoms with Crippen molar-refractivity contribution in [1.82, 2.24) is 20.5 Å². The monoisotopic (exact) mass is 294 g/mol. The average Bonchev–Trinajstić information content (AvgIpc) is 3.03. The molecule has 0 atom stereocenters. The third-order valence-corrected chi connectivity index (χ3v) is 3.50. The Morgan fingerprint density at radius 1 is 1.50 bits per heavy atom. The lowest BCUT2D eigenvalue weighted by Gasteiger charge is -2.29. The number of rotatable bonds is 3. The van der Waals surface area contributed by atoms with Crippen LogP contribution in [0.4, 0.5) is 0 Å². The predicted molar refractivity (Wildman–Crippen MR) is 79.1 cm³/mol. The van der Waals surface area contributed by atoms with Crippen molar-refractivity contribution in [2.75, 3.05) is 19.6 Å². The van der Waals surface area contributed by atoms with Crippen LogP contribution in [0.2, 0.25) is 0 Å². The van der Waals surface area contributed by atoms with E-state index in [1.165, 1.54) is 0 Å². The van der Waals surface area contributed by atoms with Gasteiger partial charge in [-0.2, -0.15) is 0 Å². The molecule has 1 saturated heterocycles. The number of hydrogen-bond acceptors (Lipinski definition) is 4. The van der Waals surface area contributed by atoms with Crippen LogP contribution in [-0.2, 0) is 0 Å². The summed E-state index contributed by atoms with van der Waals surface area (Å²) >= 11 is 5.30. The molecule has 1 aliphatic heterocycles. The fourth-order valence-corrected chi connectivity index (χ4v) is 2.48. The second kappa shape index (κ2) is 6.04. The molecule has 0 aromatic carbocycles. The maximum Gasteiger partial charge on any atom is 0.277 e. The van der Waals surface area contributed by atoms with E-state index in [2.05, 4.69) is 17.1 Å². The lowest BCUT2D eigenvalue weighted by Crippen LogP contribution is -2.49. The summed E-state index contributed by atoms with van der Waals surface area (Å²) in [6, 6.07) is 0. The predicted octanol–water partition coefficient (Wildman–Crippen LogP) is 1.41. The topological polar surface area (TPSA) is 61.6 Å². The molecule has 2 rings (SSSR count). The number of thiocarbonyl (C=S) groups is 1. The first-order valence-electron chi connectivity index (χ1n) is 6.47. The van der Waals surface area contributed by atoms with E-state index >= 15 is 0 Å². The number of amides is 1. The minimum atomic E-state index is -0.124. The smallest absolute Gasteiger partial charge is 0.277 e. The van der Waals surface area contributed by atoms with Crippen LogP contribution >= 0.6 is 12.2 Å². The van der Waals surface area contributed by atoms with Gasteiger partial charge in [0.25, 0.3) is 5.91 Å². The van der Waals surface area contributed by atoms with E-state index in [0.717, 1.165) is 13.0 Å². The van der Waals surface area contributed by atoms with Crippen LogP contribution in [0.1, 0.15) is 28.2 Å². The van der Waals surface area contributed by atoms with E-state index in [1.807, 2.05) is 0 Å². The van der Waals surface area contributed by atoms with E-state index in [1.54, 1.807) is 29.9 Å². The van der Waals surface area contributed by atoms with Gasteiger partial charge in [-0.05, 0) is 32.5 Å². The Labute approximate surface area is 123 Å². The summed E-state index contributed by atoms with van der Waals surface area (Å²) in [4.78, 5) is 12.6. The summed E-state index contributed by atoms with van der Waals surface area (Å²) in [5, 5.41) is 10.8. The number of nitrogens with zero attached hydrogens (tertiary/aromatic N) is 3. The molecule has 1 aliphatic rings. The Balaban J connectivity index is 2.16. The van der Waals surface area contributed by atoms with Gasteiger partial charge in [0.05, 0.1) is 5.69 Å². The Morgan fingerprint density at radius 3 is 2.80 bits per heavy atom. The first kappa shape index (κ1) is 14.5. The summed E-state index contributed by atoms with van der Waals surface area (Å²) < 4.78 is 5.06. The summed E-state index contributed by atoms with van der Waals surface area (Å²) in [6.07, 6.45) is 2.61. The molecule has 0 saturated carbocycles. The van der Waals surface area contributed by atoms with E-state index < -0.39 is 0 Å². The highest BCUT2D eigenvalue weighted by atomic mass is 32.1. The van der Waals surface area contributed by atoms with Gasteiger partial charge in [0.1, 0.15) is 11.3 Å². The number of hydrogen-bond donors (Lipinski definition) is 1. The molecule has 0 radical (unpaired) electrons. The van der Waals surface area contributed by atoms with Crippen molar-refractivity contribution in [2.24, 2.45) is 0 Å². The number of aromatic nitrogens is 1. The molecular formula is C13H18N4O2S. The summed E-state index contributed by atoms with van der Waals surface area (Å²) in [7, 11) is 0. The minimum absolute atomic E-state index is 0.124. The van der Waals surface area contributed by atoms with Crippen LogP contribution < -0.4 is 5.32 Å². The number of hydrazine groups is 1. The first-order chi connectivity index (χ1) is 9.56. The Kier molecular flexibility index (Phi) is 4.39. The van der Waals surface area contributed by atoms with Gasteiger partial charge in [0.15, 0.2) is 5.11 Å². The van der Waals surface area contributed by atoms with Crippen LogP contribution in [0.3, 0.4) is 0 Å². The number of carbonyl (C=O) groups excluding carboxylic acids is 1. The second-order valence-corrected chi connectivity index (χ2v) is 4.97. The molecule has 20 heavy (non-hydrogen) atoms. The van der Waals surface area contributed by atoms with Gasteiger partial charge in [0.2, 0.25) is 0 Å². The zero-order valence-corrected chi connectivity index (χ0v) is 12.5. The van der Waals surface area contributed by atoms with Crippen molar-refractivity contribution >= 4 is 23.2 Å². The van der Waals surface area contributed by atoms with Gasteiger partial charge in [-0.3, -0.25) is 9.80 Å². The molecule has 0 spiro atoms. The van der Waals surface area contributed by atoms with Gasteiger partial charge in [-0.25, -0.2) is 5.01 Å². The fraction of sp³-hybridized carbons (Fsp3) is 0.462. The molecule has 1 aromatic heterocycles. The Hall–Kier alpha value is -1.89. The normalized spacial score (nSPS) is 14.5. The van der Waals surface area contributed by atoms with Gasteiger partial charge >= 0.3 is 0 Å². The molecule has 1 fully saturated rings. The molecule has 0 unspecified atom stereocenters. The zero-order chi connectivity index (χ0) is 14.7. The third kappa shape index (κ3) is 2.67. The van der Waals surface area contributed by atoms with Crippen LogP contribution in [0.5, 0.6) is 0 Å². The van der Waals surface area contributed by atoms with Crippen molar-refractivity contribution in [2.45, 2.75) is 20.3 Å².